The van der Waals surface area contributed by atoms with Crippen molar-refractivity contribution in [3.63, 3.8) is 0 Å². The van der Waals surface area contributed by atoms with E-state index in [1.54, 1.807) is 0 Å². The first-order chi connectivity index (χ1) is 7.21. The molecule has 1 aliphatic rings. The lowest BCUT2D eigenvalue weighted by atomic mass is 9.96. The van der Waals surface area contributed by atoms with Crippen molar-refractivity contribution in [2.45, 2.75) is 44.1 Å². The summed E-state index contributed by atoms with van der Waals surface area (Å²) in [6.07, 6.45) is 7.40. The number of nitrogens with one attached hydrogen (secondary N) is 1. The quantitative estimate of drug-likeness (QED) is 0.626. The molecular formula is C12H26N2O. The molecule has 3 nitrogen and oxygen atoms in total. The van der Waals surface area contributed by atoms with Crippen LogP contribution in [0.5, 0.6) is 0 Å². The molecule has 0 saturated heterocycles. The lowest BCUT2D eigenvalue weighted by Gasteiger charge is -2.36. The Kier molecular flexibility index (Phi) is 5.58. The van der Waals surface area contributed by atoms with Crippen molar-refractivity contribution in [3.05, 3.63) is 0 Å². The summed E-state index contributed by atoms with van der Waals surface area (Å²) < 4.78 is 0. The van der Waals surface area contributed by atoms with Crippen LogP contribution in [0.4, 0.5) is 0 Å². The minimum absolute atomic E-state index is 0.320. The van der Waals surface area contributed by atoms with Crippen LogP contribution in [0.3, 0.4) is 0 Å². The second kappa shape index (κ2) is 6.46. The van der Waals surface area contributed by atoms with Gasteiger partial charge in [-0.3, -0.25) is 0 Å². The third-order valence-corrected chi connectivity index (χ3v) is 3.70. The van der Waals surface area contributed by atoms with E-state index in [0.717, 1.165) is 25.9 Å². The zero-order chi connectivity index (χ0) is 11.1. The van der Waals surface area contributed by atoms with E-state index in [1.165, 1.54) is 25.7 Å². The Bertz CT molecular complexity index is 165. The van der Waals surface area contributed by atoms with Crippen LogP contribution in [0.25, 0.3) is 0 Å². The number of aliphatic hydroxyl groups is 1. The van der Waals surface area contributed by atoms with E-state index in [2.05, 4.69) is 24.3 Å². The summed E-state index contributed by atoms with van der Waals surface area (Å²) in [7, 11) is 4.39. The summed E-state index contributed by atoms with van der Waals surface area (Å²) in [5.74, 6) is 0. The molecule has 0 aromatic rings. The first-order valence-corrected chi connectivity index (χ1v) is 6.20. The molecule has 0 aromatic carbocycles. The van der Waals surface area contributed by atoms with E-state index < -0.39 is 0 Å². The molecule has 0 spiro atoms. The van der Waals surface area contributed by atoms with Crippen molar-refractivity contribution in [3.8, 4) is 0 Å². The Hall–Kier alpha value is -0.120. The van der Waals surface area contributed by atoms with E-state index >= 15 is 0 Å². The molecule has 90 valence electrons. The Morgan fingerprint density at radius 3 is 2.40 bits per heavy atom. The number of likely N-dealkylation sites (N-methyl/N-ethyl adjacent to an activating group) is 1. The minimum atomic E-state index is 0.320. The molecule has 0 unspecified atom stereocenters. The smallest absolute Gasteiger partial charge is 0.0431 e. The topological polar surface area (TPSA) is 35.5 Å². The Morgan fingerprint density at radius 1 is 1.20 bits per heavy atom. The molecular weight excluding hydrogens is 188 g/mol. The lowest BCUT2D eigenvalue weighted by Crippen LogP contribution is -2.49. The summed E-state index contributed by atoms with van der Waals surface area (Å²) in [5, 5.41) is 12.2. The van der Waals surface area contributed by atoms with Gasteiger partial charge < -0.3 is 15.3 Å². The monoisotopic (exact) mass is 214 g/mol. The van der Waals surface area contributed by atoms with Crippen molar-refractivity contribution in [2.75, 3.05) is 33.8 Å². The number of hydrogen-bond acceptors (Lipinski definition) is 3. The number of hydrogen-bond donors (Lipinski definition) is 2. The Morgan fingerprint density at radius 2 is 1.87 bits per heavy atom. The van der Waals surface area contributed by atoms with Gasteiger partial charge in [-0.15, -0.1) is 0 Å². The molecule has 1 fully saturated rings. The van der Waals surface area contributed by atoms with Gasteiger partial charge in [-0.05, 0) is 46.3 Å². The number of nitrogens with zero attached hydrogens (tertiary/aromatic N) is 1. The molecule has 0 bridgehead atoms. The second-order valence-corrected chi connectivity index (χ2v) is 4.93. The molecule has 1 aliphatic carbocycles. The molecule has 2 N–H and O–H groups in total. The van der Waals surface area contributed by atoms with Gasteiger partial charge in [0.2, 0.25) is 0 Å². The van der Waals surface area contributed by atoms with Crippen molar-refractivity contribution in [2.24, 2.45) is 0 Å². The number of aliphatic hydroxyl groups excluding tert-OH is 1. The predicted octanol–water partition coefficient (Wildman–Crippen LogP) is 1.22. The third kappa shape index (κ3) is 3.74. The van der Waals surface area contributed by atoms with Gasteiger partial charge in [0.15, 0.2) is 0 Å². The van der Waals surface area contributed by atoms with Gasteiger partial charge in [0.25, 0.3) is 0 Å². The summed E-state index contributed by atoms with van der Waals surface area (Å²) in [4.78, 5) is 2.39. The Labute approximate surface area is 93.9 Å². The highest BCUT2D eigenvalue weighted by Gasteiger charge is 2.35. The zero-order valence-electron chi connectivity index (χ0n) is 10.3. The molecule has 0 radical (unpaired) electrons. The van der Waals surface area contributed by atoms with Gasteiger partial charge in [0, 0.05) is 18.7 Å². The van der Waals surface area contributed by atoms with E-state index in [0.29, 0.717) is 12.1 Å². The first-order valence-electron chi connectivity index (χ1n) is 6.20. The normalized spacial score (nSPS) is 20.0. The van der Waals surface area contributed by atoms with E-state index in [9.17, 15) is 0 Å². The van der Waals surface area contributed by atoms with Crippen molar-refractivity contribution in [1.29, 1.82) is 0 Å². The molecule has 0 aromatic heterocycles. The number of rotatable bonds is 7. The van der Waals surface area contributed by atoms with Crippen molar-refractivity contribution in [1.82, 2.24) is 10.2 Å². The molecule has 15 heavy (non-hydrogen) atoms. The SMILES string of the molecule is CN(C)C1(CNCCCCO)CCCC1. The molecule has 0 amide bonds. The largest absolute Gasteiger partial charge is 0.396 e. The van der Waals surface area contributed by atoms with Crippen LogP contribution < -0.4 is 5.32 Å². The third-order valence-electron chi connectivity index (χ3n) is 3.70. The van der Waals surface area contributed by atoms with Gasteiger partial charge in [0.1, 0.15) is 0 Å². The van der Waals surface area contributed by atoms with Gasteiger partial charge in [-0.2, -0.15) is 0 Å². The van der Waals surface area contributed by atoms with Crippen LogP contribution in [-0.4, -0.2) is 49.3 Å². The summed E-state index contributed by atoms with van der Waals surface area (Å²) >= 11 is 0. The van der Waals surface area contributed by atoms with Crippen molar-refractivity contribution >= 4 is 0 Å². The fraction of sp³-hybridized carbons (Fsp3) is 1.00. The van der Waals surface area contributed by atoms with Crippen LogP contribution in [0.2, 0.25) is 0 Å². The van der Waals surface area contributed by atoms with Crippen LogP contribution in [0.15, 0.2) is 0 Å². The predicted molar refractivity (Wildman–Crippen MR) is 64.1 cm³/mol. The summed E-state index contributed by atoms with van der Waals surface area (Å²) in [5.41, 5.74) is 0.402. The highest BCUT2D eigenvalue weighted by Crippen LogP contribution is 2.32. The molecule has 0 aliphatic heterocycles. The molecule has 1 saturated carbocycles. The average Bonchev–Trinajstić information content (AvgIpc) is 2.67. The lowest BCUT2D eigenvalue weighted by molar-refractivity contribution is 0.153. The molecule has 0 heterocycles. The number of unbranched alkanes of at least 4 members (excludes halogenated alkanes) is 1. The van der Waals surface area contributed by atoms with E-state index in [-0.39, 0.29) is 0 Å². The highest BCUT2D eigenvalue weighted by atomic mass is 16.2. The van der Waals surface area contributed by atoms with Gasteiger partial charge >= 0.3 is 0 Å². The van der Waals surface area contributed by atoms with E-state index in [1.807, 2.05) is 0 Å². The summed E-state index contributed by atoms with van der Waals surface area (Å²) in [6, 6.07) is 0. The molecule has 0 atom stereocenters. The molecule has 1 rings (SSSR count). The average molecular weight is 214 g/mol. The van der Waals surface area contributed by atoms with E-state index in [4.69, 9.17) is 5.11 Å². The fourth-order valence-electron chi connectivity index (χ4n) is 2.50. The molecule has 3 heteroatoms. The maximum absolute atomic E-state index is 8.68. The van der Waals surface area contributed by atoms with Crippen LogP contribution in [0.1, 0.15) is 38.5 Å². The first kappa shape index (κ1) is 12.9. The Balaban J connectivity index is 2.21. The van der Waals surface area contributed by atoms with Crippen LogP contribution in [-0.2, 0) is 0 Å². The van der Waals surface area contributed by atoms with Gasteiger partial charge in [-0.1, -0.05) is 12.8 Å². The second-order valence-electron chi connectivity index (χ2n) is 4.93. The van der Waals surface area contributed by atoms with Crippen LogP contribution in [0, 0.1) is 0 Å². The standard InChI is InChI=1S/C12H26N2O/c1-14(2)12(7-3-4-8-12)11-13-9-5-6-10-15/h13,15H,3-11H2,1-2H3. The van der Waals surface area contributed by atoms with Gasteiger partial charge in [0.05, 0.1) is 0 Å². The highest BCUT2D eigenvalue weighted by molar-refractivity contribution is 4.94. The summed E-state index contributed by atoms with van der Waals surface area (Å²) in [6.45, 7) is 2.46. The van der Waals surface area contributed by atoms with Crippen molar-refractivity contribution < 1.29 is 5.11 Å². The maximum Gasteiger partial charge on any atom is 0.0431 e. The van der Waals surface area contributed by atoms with Crippen LogP contribution >= 0.6 is 0 Å². The zero-order valence-corrected chi connectivity index (χ0v) is 10.3. The fourth-order valence-corrected chi connectivity index (χ4v) is 2.50. The minimum Gasteiger partial charge on any atom is -0.396 e. The maximum atomic E-state index is 8.68. The van der Waals surface area contributed by atoms with Gasteiger partial charge in [-0.25, -0.2) is 0 Å².